The maximum absolute atomic E-state index is 11.5. The zero-order valence-corrected chi connectivity index (χ0v) is 11.6. The summed E-state index contributed by atoms with van der Waals surface area (Å²) in [6.45, 7) is 7.70. The fourth-order valence-electron chi connectivity index (χ4n) is 1.55. The third-order valence-electron chi connectivity index (χ3n) is 2.55. The van der Waals surface area contributed by atoms with Crippen molar-refractivity contribution in [2.24, 2.45) is 5.41 Å². The molecule has 0 unspecified atom stereocenters. The van der Waals surface area contributed by atoms with E-state index in [0.717, 1.165) is 12.8 Å². The molecule has 0 fully saturated rings. The van der Waals surface area contributed by atoms with Gasteiger partial charge in [0.25, 0.3) is 0 Å². The van der Waals surface area contributed by atoms with Crippen LogP contribution in [0.2, 0.25) is 0 Å². The first-order chi connectivity index (χ1) is 8.47. The van der Waals surface area contributed by atoms with Crippen LogP contribution in [0.15, 0.2) is 30.3 Å². The Morgan fingerprint density at radius 2 is 1.78 bits per heavy atom. The average Bonchev–Trinajstić information content (AvgIpc) is 2.33. The molecule has 18 heavy (non-hydrogen) atoms. The molecule has 3 nitrogen and oxygen atoms in total. The van der Waals surface area contributed by atoms with Gasteiger partial charge in [-0.15, -0.1) is 0 Å². The Labute approximate surface area is 110 Å². The monoisotopic (exact) mass is 248 g/mol. The third kappa shape index (κ3) is 6.94. The first-order valence-corrected chi connectivity index (χ1v) is 6.53. The number of amides is 2. The molecule has 100 valence electrons. The molecule has 2 amide bonds. The van der Waals surface area contributed by atoms with Gasteiger partial charge in [-0.05, 0) is 23.8 Å². The molecule has 0 spiro atoms. The van der Waals surface area contributed by atoms with Crippen LogP contribution in [0.3, 0.4) is 0 Å². The number of carbonyl (C=O) groups excluding carboxylic acids is 1. The van der Waals surface area contributed by atoms with E-state index in [9.17, 15) is 4.79 Å². The van der Waals surface area contributed by atoms with Gasteiger partial charge in [-0.3, -0.25) is 0 Å². The lowest BCUT2D eigenvalue weighted by Gasteiger charge is -2.18. The van der Waals surface area contributed by atoms with Crippen molar-refractivity contribution >= 4 is 6.03 Å². The van der Waals surface area contributed by atoms with Crippen molar-refractivity contribution in [1.82, 2.24) is 10.6 Å². The van der Waals surface area contributed by atoms with E-state index in [1.165, 1.54) is 5.56 Å². The van der Waals surface area contributed by atoms with Gasteiger partial charge in [-0.25, -0.2) is 4.79 Å². The van der Waals surface area contributed by atoms with Crippen molar-refractivity contribution in [3.05, 3.63) is 35.9 Å². The summed E-state index contributed by atoms with van der Waals surface area (Å²) in [6.07, 6.45) is 1.97. The number of hydrogen-bond donors (Lipinski definition) is 2. The van der Waals surface area contributed by atoms with Gasteiger partial charge in [0.2, 0.25) is 0 Å². The molecule has 1 rings (SSSR count). The Morgan fingerprint density at radius 3 is 2.39 bits per heavy atom. The van der Waals surface area contributed by atoms with Gasteiger partial charge in [0.1, 0.15) is 0 Å². The van der Waals surface area contributed by atoms with Crippen LogP contribution in [0.5, 0.6) is 0 Å². The van der Waals surface area contributed by atoms with Gasteiger partial charge in [-0.1, -0.05) is 51.1 Å². The van der Waals surface area contributed by atoms with Gasteiger partial charge in [0.05, 0.1) is 0 Å². The molecule has 0 heterocycles. The lowest BCUT2D eigenvalue weighted by molar-refractivity contribution is 0.235. The Hall–Kier alpha value is -1.51. The van der Waals surface area contributed by atoms with E-state index >= 15 is 0 Å². The second-order valence-corrected chi connectivity index (χ2v) is 5.76. The van der Waals surface area contributed by atoms with Crippen LogP contribution in [-0.4, -0.2) is 19.1 Å². The van der Waals surface area contributed by atoms with Crippen molar-refractivity contribution in [2.75, 3.05) is 13.1 Å². The highest BCUT2D eigenvalue weighted by molar-refractivity contribution is 5.73. The standard InChI is InChI=1S/C15H24N2O/c1-15(2,3)12-17-14(18)16-11-7-10-13-8-5-4-6-9-13/h4-6,8-9H,7,10-12H2,1-3H3,(H2,16,17,18). The summed E-state index contributed by atoms with van der Waals surface area (Å²) in [5.74, 6) is 0. The van der Waals surface area contributed by atoms with Crippen LogP contribution in [0.25, 0.3) is 0 Å². The summed E-state index contributed by atoms with van der Waals surface area (Å²) in [6, 6.07) is 10.2. The SMILES string of the molecule is CC(C)(C)CNC(=O)NCCCc1ccccc1. The molecule has 1 aromatic carbocycles. The predicted octanol–water partition coefficient (Wildman–Crippen LogP) is 2.96. The third-order valence-corrected chi connectivity index (χ3v) is 2.55. The zero-order valence-electron chi connectivity index (χ0n) is 11.6. The lowest BCUT2D eigenvalue weighted by atomic mass is 9.97. The van der Waals surface area contributed by atoms with Crippen molar-refractivity contribution in [3.8, 4) is 0 Å². The minimum Gasteiger partial charge on any atom is -0.338 e. The molecular weight excluding hydrogens is 224 g/mol. The van der Waals surface area contributed by atoms with Gasteiger partial charge < -0.3 is 10.6 Å². The molecule has 0 bridgehead atoms. The van der Waals surface area contributed by atoms with Crippen molar-refractivity contribution in [1.29, 1.82) is 0 Å². The number of urea groups is 1. The first kappa shape index (κ1) is 14.6. The van der Waals surface area contributed by atoms with Crippen LogP contribution in [0, 0.1) is 5.41 Å². The van der Waals surface area contributed by atoms with Crippen LogP contribution >= 0.6 is 0 Å². The highest BCUT2D eigenvalue weighted by Gasteiger charge is 2.11. The Morgan fingerprint density at radius 1 is 1.11 bits per heavy atom. The van der Waals surface area contributed by atoms with E-state index in [4.69, 9.17) is 0 Å². The number of rotatable bonds is 5. The second-order valence-electron chi connectivity index (χ2n) is 5.76. The van der Waals surface area contributed by atoms with Crippen LogP contribution in [0.1, 0.15) is 32.8 Å². The molecule has 1 aromatic rings. The fourth-order valence-corrected chi connectivity index (χ4v) is 1.55. The van der Waals surface area contributed by atoms with E-state index in [0.29, 0.717) is 13.1 Å². The summed E-state index contributed by atoms with van der Waals surface area (Å²) >= 11 is 0. The molecule has 0 saturated heterocycles. The molecule has 0 radical (unpaired) electrons. The smallest absolute Gasteiger partial charge is 0.314 e. The van der Waals surface area contributed by atoms with Crippen LogP contribution < -0.4 is 10.6 Å². The molecular formula is C15H24N2O. The average molecular weight is 248 g/mol. The molecule has 2 N–H and O–H groups in total. The van der Waals surface area contributed by atoms with E-state index < -0.39 is 0 Å². The fraction of sp³-hybridized carbons (Fsp3) is 0.533. The van der Waals surface area contributed by atoms with E-state index in [1.807, 2.05) is 18.2 Å². The largest absolute Gasteiger partial charge is 0.338 e. The molecule has 3 heteroatoms. The van der Waals surface area contributed by atoms with Crippen LogP contribution in [0.4, 0.5) is 4.79 Å². The van der Waals surface area contributed by atoms with Gasteiger partial charge in [-0.2, -0.15) is 0 Å². The molecule has 0 aliphatic rings. The molecule has 0 aliphatic heterocycles. The lowest BCUT2D eigenvalue weighted by Crippen LogP contribution is -2.40. The number of nitrogens with one attached hydrogen (secondary N) is 2. The maximum Gasteiger partial charge on any atom is 0.314 e. The summed E-state index contributed by atoms with van der Waals surface area (Å²) in [5, 5.41) is 5.75. The van der Waals surface area contributed by atoms with Crippen molar-refractivity contribution in [3.63, 3.8) is 0 Å². The first-order valence-electron chi connectivity index (χ1n) is 6.53. The summed E-state index contributed by atoms with van der Waals surface area (Å²) in [5.41, 5.74) is 1.44. The van der Waals surface area contributed by atoms with Gasteiger partial charge >= 0.3 is 6.03 Å². The zero-order chi connectivity index (χ0) is 13.4. The van der Waals surface area contributed by atoms with E-state index in [-0.39, 0.29) is 11.4 Å². The molecule has 0 aromatic heterocycles. The van der Waals surface area contributed by atoms with Gasteiger partial charge in [0, 0.05) is 13.1 Å². The van der Waals surface area contributed by atoms with Crippen molar-refractivity contribution in [2.45, 2.75) is 33.6 Å². The molecule has 0 atom stereocenters. The number of aryl methyl sites for hydroxylation is 1. The Kier molecular flexibility index (Phi) is 5.69. The predicted molar refractivity (Wildman–Crippen MR) is 75.6 cm³/mol. The number of hydrogen-bond acceptors (Lipinski definition) is 1. The minimum absolute atomic E-state index is 0.0713. The summed E-state index contributed by atoms with van der Waals surface area (Å²) in [7, 11) is 0. The topological polar surface area (TPSA) is 41.1 Å². The quantitative estimate of drug-likeness (QED) is 0.773. The Bertz CT molecular complexity index is 355. The van der Waals surface area contributed by atoms with Crippen molar-refractivity contribution < 1.29 is 4.79 Å². The normalized spacial score (nSPS) is 11.1. The highest BCUT2D eigenvalue weighted by Crippen LogP contribution is 2.09. The van der Waals surface area contributed by atoms with Crippen LogP contribution in [-0.2, 0) is 6.42 Å². The minimum atomic E-state index is -0.0713. The van der Waals surface area contributed by atoms with Gasteiger partial charge in [0.15, 0.2) is 0 Å². The van der Waals surface area contributed by atoms with E-state index in [2.05, 4.69) is 43.5 Å². The van der Waals surface area contributed by atoms with E-state index in [1.54, 1.807) is 0 Å². The second kappa shape index (κ2) is 7.04. The number of carbonyl (C=O) groups is 1. The highest BCUT2D eigenvalue weighted by atomic mass is 16.2. The molecule has 0 saturated carbocycles. The molecule has 0 aliphatic carbocycles. The summed E-state index contributed by atoms with van der Waals surface area (Å²) in [4.78, 5) is 11.5. The summed E-state index contributed by atoms with van der Waals surface area (Å²) < 4.78 is 0. The Balaban J connectivity index is 2.09. The number of benzene rings is 1. The maximum atomic E-state index is 11.5.